The summed E-state index contributed by atoms with van der Waals surface area (Å²) in [7, 11) is -1.96. The number of aromatic nitrogens is 7. The Kier molecular flexibility index (Phi) is 11.7. The molecule has 346 valence electrons. The number of carbonyl (C=O) groups is 1. The first-order valence-corrected chi connectivity index (χ1v) is 21.2. The number of hydrogen-bond acceptors (Lipinski definition) is 7. The van der Waals surface area contributed by atoms with Gasteiger partial charge in [-0.2, -0.15) is 45.3 Å². The van der Waals surface area contributed by atoms with Gasteiger partial charge in [-0.25, -0.2) is 27.3 Å². The zero-order chi connectivity index (χ0) is 47.8. The molecule has 0 aliphatic heterocycles. The highest BCUT2D eigenvalue weighted by atomic mass is 35.5. The van der Waals surface area contributed by atoms with Crippen LogP contribution in [0.4, 0.5) is 54.1 Å². The van der Waals surface area contributed by atoms with Gasteiger partial charge in [0.25, 0.3) is 11.5 Å². The molecule has 1 aliphatic rings. The van der Waals surface area contributed by atoms with Crippen LogP contribution in [0.1, 0.15) is 41.3 Å². The second-order valence-electron chi connectivity index (χ2n) is 15.3. The standard InChI is InChI=1S/C41H29ClF11N9O3S/c1-18-11-24-33(41(51,52)53)57-60(34(24)40(18,49)50)16-30(63)54-28(14-19-12-20(43)15-21(44)13-19)37-56-35-23(7-9-27(55-35)22-5-3-4-6-26(22)45)38(64)62(37)29-10-8-25(42)31-32(29)61(17-39(46,47)48)58-36(31)59-66(2)65/h3-10,12-13,15,18,28H,11,14,16-17H2,1-2H3,(H,54,63)(H,58,59). The number of fused-ring (bicyclic) bond motifs is 3. The summed E-state index contributed by atoms with van der Waals surface area (Å²) in [6, 6.07) is 10.1. The van der Waals surface area contributed by atoms with Gasteiger partial charge in [0, 0.05) is 35.8 Å². The highest BCUT2D eigenvalue weighted by Crippen LogP contribution is 2.49. The minimum Gasteiger partial charge on any atom is -0.344 e. The zero-order valence-corrected chi connectivity index (χ0v) is 35.2. The van der Waals surface area contributed by atoms with Crippen LogP contribution in [0.2, 0.25) is 5.02 Å². The maximum absolute atomic E-state index is 15.5. The van der Waals surface area contributed by atoms with Crippen molar-refractivity contribution in [2.75, 3.05) is 11.0 Å². The quantitative estimate of drug-likeness (QED) is 0.124. The minimum atomic E-state index is -5.22. The number of pyridine rings is 1. The van der Waals surface area contributed by atoms with Gasteiger partial charge < -0.3 is 5.32 Å². The zero-order valence-electron chi connectivity index (χ0n) is 33.6. The molecule has 0 bridgehead atoms. The largest absolute Gasteiger partial charge is 0.435 e. The van der Waals surface area contributed by atoms with E-state index in [-0.39, 0.29) is 37.3 Å². The highest BCUT2D eigenvalue weighted by molar-refractivity contribution is 7.85. The molecule has 4 aromatic heterocycles. The van der Waals surface area contributed by atoms with Gasteiger partial charge in [-0.1, -0.05) is 30.7 Å². The van der Waals surface area contributed by atoms with E-state index in [2.05, 4.69) is 30.2 Å². The van der Waals surface area contributed by atoms with Crippen molar-refractivity contribution < 1.29 is 57.3 Å². The fraction of sp³-hybridized carbons (Fsp3) is 0.268. The summed E-state index contributed by atoms with van der Waals surface area (Å²) in [4.78, 5) is 38.0. The number of rotatable bonds is 11. The third-order valence-electron chi connectivity index (χ3n) is 10.6. The van der Waals surface area contributed by atoms with Crippen molar-refractivity contribution in [3.05, 3.63) is 128 Å². The van der Waals surface area contributed by atoms with Crippen LogP contribution in [-0.4, -0.2) is 56.6 Å². The number of anilines is 1. The number of hydrogen-bond donors (Lipinski definition) is 2. The van der Waals surface area contributed by atoms with Crippen LogP contribution in [-0.2, 0) is 53.8 Å². The van der Waals surface area contributed by atoms with Crippen LogP contribution in [0.5, 0.6) is 0 Å². The monoisotopic (exact) mass is 971 g/mol. The molecule has 25 heteroatoms. The normalized spacial score (nSPS) is 15.9. The van der Waals surface area contributed by atoms with Crippen LogP contribution in [0, 0.1) is 23.4 Å². The van der Waals surface area contributed by atoms with Crippen molar-refractivity contribution in [1.82, 2.24) is 39.4 Å². The van der Waals surface area contributed by atoms with E-state index in [1.165, 1.54) is 30.3 Å². The molecule has 0 saturated carbocycles. The molecule has 8 rings (SSSR count). The van der Waals surface area contributed by atoms with E-state index in [0.29, 0.717) is 15.3 Å². The van der Waals surface area contributed by atoms with Gasteiger partial charge in [0.2, 0.25) is 5.91 Å². The number of nitrogens with one attached hydrogen (secondary N) is 2. The molecule has 0 fully saturated rings. The van der Waals surface area contributed by atoms with E-state index in [1.54, 1.807) is 0 Å². The molecule has 12 nitrogen and oxygen atoms in total. The van der Waals surface area contributed by atoms with Gasteiger partial charge in [-0.15, -0.1) is 0 Å². The summed E-state index contributed by atoms with van der Waals surface area (Å²) in [5, 5.41) is 8.75. The Bertz CT molecular complexity index is 3170. The first-order chi connectivity index (χ1) is 30.9. The van der Waals surface area contributed by atoms with Crippen molar-refractivity contribution >= 4 is 56.2 Å². The molecule has 7 aromatic rings. The second-order valence-corrected chi connectivity index (χ2v) is 16.8. The predicted molar refractivity (Wildman–Crippen MR) is 218 cm³/mol. The number of carbonyl (C=O) groups excluding carboxylic acids is 1. The molecule has 0 radical (unpaired) electrons. The predicted octanol–water partition coefficient (Wildman–Crippen LogP) is 8.74. The van der Waals surface area contributed by atoms with Crippen LogP contribution < -0.4 is 15.6 Å². The number of nitrogens with zero attached hydrogens (tertiary/aromatic N) is 7. The Hall–Kier alpha value is -6.43. The molecule has 4 heterocycles. The lowest BCUT2D eigenvalue weighted by Gasteiger charge is -2.24. The van der Waals surface area contributed by atoms with Gasteiger partial charge in [-0.05, 0) is 60.5 Å². The molecular formula is C41H29ClF11N9O3S. The SMILES string of the molecule is CC1Cc2c(C(F)(F)F)nn(CC(=O)NC(Cc3cc(F)cc(F)c3)c3nc4nc(-c5ccccc5F)ccc4c(=O)n3-c3ccc(Cl)c4c(NS(C)=O)nn(CC(F)(F)F)c34)c2C1(F)F. The average molecular weight is 972 g/mol. The van der Waals surface area contributed by atoms with Gasteiger partial charge in [0.05, 0.1) is 38.7 Å². The molecule has 2 N–H and O–H groups in total. The Morgan fingerprint density at radius 2 is 1.65 bits per heavy atom. The number of benzene rings is 3. The maximum Gasteiger partial charge on any atom is 0.435 e. The maximum atomic E-state index is 15.5. The molecule has 1 amide bonds. The lowest BCUT2D eigenvalue weighted by molar-refractivity contribution is -0.143. The van der Waals surface area contributed by atoms with Crippen molar-refractivity contribution in [3.8, 4) is 16.9 Å². The first-order valence-electron chi connectivity index (χ1n) is 19.3. The van der Waals surface area contributed by atoms with Crippen LogP contribution >= 0.6 is 11.6 Å². The fourth-order valence-corrected chi connectivity index (χ4v) is 8.58. The molecule has 3 unspecified atom stereocenters. The number of alkyl halides is 8. The highest BCUT2D eigenvalue weighted by Gasteiger charge is 2.54. The third-order valence-corrected chi connectivity index (χ3v) is 11.4. The smallest absolute Gasteiger partial charge is 0.344 e. The van der Waals surface area contributed by atoms with Gasteiger partial charge >= 0.3 is 12.4 Å². The van der Waals surface area contributed by atoms with E-state index < -0.39 is 142 Å². The lowest BCUT2D eigenvalue weighted by atomic mass is 10.0. The van der Waals surface area contributed by atoms with Crippen molar-refractivity contribution in [1.29, 1.82) is 0 Å². The summed E-state index contributed by atoms with van der Waals surface area (Å²) >= 11 is 6.52. The lowest BCUT2D eigenvalue weighted by Crippen LogP contribution is -2.38. The van der Waals surface area contributed by atoms with Gasteiger partial charge in [0.1, 0.15) is 53.0 Å². The van der Waals surface area contributed by atoms with E-state index in [0.717, 1.165) is 43.5 Å². The molecular weight excluding hydrogens is 943 g/mol. The van der Waals surface area contributed by atoms with Crippen LogP contribution in [0.15, 0.2) is 71.5 Å². The molecule has 3 atom stereocenters. The Morgan fingerprint density at radius 1 is 0.955 bits per heavy atom. The van der Waals surface area contributed by atoms with Gasteiger partial charge in [-0.3, -0.25) is 28.2 Å². The minimum absolute atomic E-state index is 0.0769. The van der Waals surface area contributed by atoms with Gasteiger partial charge in [0.15, 0.2) is 17.2 Å². The Morgan fingerprint density at radius 3 is 2.30 bits per heavy atom. The van der Waals surface area contributed by atoms with Crippen LogP contribution in [0.25, 0.3) is 38.9 Å². The van der Waals surface area contributed by atoms with E-state index >= 15 is 13.2 Å². The average Bonchev–Trinajstić information content (AvgIpc) is 3.82. The Labute approximate surface area is 371 Å². The molecule has 3 aromatic carbocycles. The Balaban J connectivity index is 1.40. The fourth-order valence-electron chi connectivity index (χ4n) is 7.93. The van der Waals surface area contributed by atoms with E-state index in [4.69, 9.17) is 11.6 Å². The van der Waals surface area contributed by atoms with Crippen molar-refractivity contribution in [2.45, 2.75) is 57.2 Å². The van der Waals surface area contributed by atoms with Crippen molar-refractivity contribution in [3.63, 3.8) is 0 Å². The third kappa shape index (κ3) is 8.69. The number of amides is 1. The second kappa shape index (κ2) is 16.8. The summed E-state index contributed by atoms with van der Waals surface area (Å²) in [5.74, 6) is -11.0. The summed E-state index contributed by atoms with van der Waals surface area (Å²) in [6.07, 6.45) is -10.6. The molecule has 1 aliphatic carbocycles. The topological polar surface area (TPSA) is 142 Å². The molecule has 66 heavy (non-hydrogen) atoms. The van der Waals surface area contributed by atoms with Crippen molar-refractivity contribution in [2.24, 2.45) is 5.92 Å². The first kappa shape index (κ1) is 46.1. The van der Waals surface area contributed by atoms with Crippen LogP contribution in [0.3, 0.4) is 0 Å². The summed E-state index contributed by atoms with van der Waals surface area (Å²) in [6.45, 7) is -2.15. The summed E-state index contributed by atoms with van der Waals surface area (Å²) in [5.41, 5.74) is -6.72. The number of halogens is 12. The van der Waals surface area contributed by atoms with E-state index in [9.17, 15) is 48.9 Å². The van der Waals surface area contributed by atoms with E-state index in [1.807, 2.05) is 0 Å². The molecule has 0 saturated heterocycles. The summed E-state index contributed by atoms with van der Waals surface area (Å²) < 4.78 is 176. The molecule has 0 spiro atoms.